The van der Waals surface area contributed by atoms with Gasteiger partial charge in [-0.1, -0.05) is 19.9 Å². The predicted molar refractivity (Wildman–Crippen MR) is 74.4 cm³/mol. The molecular weight excluding hydrogens is 210 g/mol. The predicted octanol–water partition coefficient (Wildman–Crippen LogP) is 2.78. The Bertz CT molecular complexity index is 324. The third kappa shape index (κ3) is 5.68. The van der Waals surface area contributed by atoms with Crippen LogP contribution in [0.2, 0.25) is 0 Å². The molecule has 0 saturated heterocycles. The number of hydrogen-bond acceptors (Lipinski definition) is 3. The van der Waals surface area contributed by atoms with Gasteiger partial charge in [0.2, 0.25) is 0 Å². The SMILES string of the molecule is Cc1cccc(NC(CC(C)C)CN(C)C)n1. The Hall–Kier alpha value is -1.09. The summed E-state index contributed by atoms with van der Waals surface area (Å²) in [6.45, 7) is 7.57. The van der Waals surface area contributed by atoms with E-state index in [-0.39, 0.29) is 0 Å². The fraction of sp³-hybridized carbons (Fsp3) is 0.643. The van der Waals surface area contributed by atoms with Crippen molar-refractivity contribution in [3.8, 4) is 0 Å². The lowest BCUT2D eigenvalue weighted by Crippen LogP contribution is -2.33. The fourth-order valence-corrected chi connectivity index (χ4v) is 2.02. The minimum atomic E-state index is 0.458. The summed E-state index contributed by atoms with van der Waals surface area (Å²) < 4.78 is 0. The number of likely N-dealkylation sites (N-methyl/N-ethyl adjacent to an activating group) is 1. The third-order valence-corrected chi connectivity index (χ3v) is 2.58. The van der Waals surface area contributed by atoms with E-state index in [0.717, 1.165) is 24.5 Å². The number of anilines is 1. The monoisotopic (exact) mass is 235 g/mol. The number of aromatic nitrogens is 1. The zero-order valence-corrected chi connectivity index (χ0v) is 11.7. The van der Waals surface area contributed by atoms with Crippen LogP contribution in [0.25, 0.3) is 0 Å². The molecule has 0 spiro atoms. The van der Waals surface area contributed by atoms with Gasteiger partial charge in [-0.05, 0) is 45.5 Å². The van der Waals surface area contributed by atoms with Gasteiger partial charge in [0.15, 0.2) is 0 Å². The third-order valence-electron chi connectivity index (χ3n) is 2.58. The lowest BCUT2D eigenvalue weighted by atomic mass is 10.0. The second kappa shape index (κ2) is 6.60. The van der Waals surface area contributed by atoms with E-state index in [1.807, 2.05) is 25.1 Å². The summed E-state index contributed by atoms with van der Waals surface area (Å²) in [5.74, 6) is 1.68. The summed E-state index contributed by atoms with van der Waals surface area (Å²) >= 11 is 0. The molecule has 1 unspecified atom stereocenters. The smallest absolute Gasteiger partial charge is 0.126 e. The quantitative estimate of drug-likeness (QED) is 0.822. The average molecular weight is 235 g/mol. The van der Waals surface area contributed by atoms with Crippen LogP contribution in [-0.4, -0.2) is 36.6 Å². The molecule has 3 heteroatoms. The molecule has 1 rings (SSSR count). The molecule has 3 nitrogen and oxygen atoms in total. The van der Waals surface area contributed by atoms with Gasteiger partial charge in [0.1, 0.15) is 5.82 Å². The number of aryl methyl sites for hydroxylation is 1. The van der Waals surface area contributed by atoms with Crippen molar-refractivity contribution < 1.29 is 0 Å². The van der Waals surface area contributed by atoms with Gasteiger partial charge >= 0.3 is 0 Å². The summed E-state index contributed by atoms with van der Waals surface area (Å²) in [5, 5.41) is 3.53. The van der Waals surface area contributed by atoms with Gasteiger partial charge in [-0.15, -0.1) is 0 Å². The molecule has 0 aliphatic heterocycles. The highest BCUT2D eigenvalue weighted by Gasteiger charge is 2.12. The molecule has 0 aliphatic carbocycles. The van der Waals surface area contributed by atoms with Crippen LogP contribution in [0.5, 0.6) is 0 Å². The van der Waals surface area contributed by atoms with Gasteiger partial charge < -0.3 is 10.2 Å². The Morgan fingerprint density at radius 2 is 2.00 bits per heavy atom. The second-order valence-electron chi connectivity index (χ2n) is 5.40. The Morgan fingerprint density at radius 3 is 2.53 bits per heavy atom. The first-order valence-electron chi connectivity index (χ1n) is 6.32. The van der Waals surface area contributed by atoms with Crippen molar-refractivity contribution in [2.24, 2.45) is 5.92 Å². The normalized spacial score (nSPS) is 13.1. The standard InChI is InChI=1S/C14H25N3/c1-11(2)9-13(10-17(4)5)16-14-8-6-7-12(3)15-14/h6-8,11,13H,9-10H2,1-5H3,(H,15,16). The molecule has 0 aliphatic rings. The van der Waals surface area contributed by atoms with Gasteiger partial charge in [-0.25, -0.2) is 4.98 Å². The van der Waals surface area contributed by atoms with Crippen LogP contribution in [0.4, 0.5) is 5.82 Å². The Balaban J connectivity index is 2.64. The van der Waals surface area contributed by atoms with Gasteiger partial charge in [0.05, 0.1) is 0 Å². The summed E-state index contributed by atoms with van der Waals surface area (Å²) in [5.41, 5.74) is 1.06. The maximum atomic E-state index is 4.50. The average Bonchev–Trinajstić information content (AvgIpc) is 2.14. The van der Waals surface area contributed by atoms with Crippen LogP contribution >= 0.6 is 0 Å². The maximum Gasteiger partial charge on any atom is 0.126 e. The van der Waals surface area contributed by atoms with E-state index in [4.69, 9.17) is 0 Å². The van der Waals surface area contributed by atoms with Crippen molar-refractivity contribution in [1.82, 2.24) is 9.88 Å². The van der Waals surface area contributed by atoms with E-state index in [1.54, 1.807) is 0 Å². The topological polar surface area (TPSA) is 28.2 Å². The first-order valence-corrected chi connectivity index (χ1v) is 6.32. The molecule has 0 saturated carbocycles. The fourth-order valence-electron chi connectivity index (χ4n) is 2.02. The zero-order valence-electron chi connectivity index (χ0n) is 11.7. The molecule has 0 fully saturated rings. The molecule has 1 heterocycles. The Morgan fingerprint density at radius 1 is 1.29 bits per heavy atom. The Kier molecular flexibility index (Phi) is 5.42. The number of rotatable bonds is 6. The number of hydrogen-bond donors (Lipinski definition) is 1. The molecule has 1 aromatic rings. The first kappa shape index (κ1) is 14.0. The van der Waals surface area contributed by atoms with Crippen LogP contribution in [0.1, 0.15) is 26.0 Å². The van der Waals surface area contributed by atoms with Crippen molar-refractivity contribution in [2.75, 3.05) is 26.0 Å². The molecular formula is C14H25N3. The van der Waals surface area contributed by atoms with Crippen molar-refractivity contribution in [3.05, 3.63) is 23.9 Å². The Labute approximate surface area is 105 Å². The highest BCUT2D eigenvalue weighted by molar-refractivity contribution is 5.36. The minimum absolute atomic E-state index is 0.458. The van der Waals surface area contributed by atoms with Crippen LogP contribution in [0, 0.1) is 12.8 Å². The highest BCUT2D eigenvalue weighted by atomic mass is 15.1. The molecule has 0 aromatic carbocycles. The van der Waals surface area contributed by atoms with Crippen molar-refractivity contribution in [2.45, 2.75) is 33.2 Å². The van der Waals surface area contributed by atoms with E-state index in [0.29, 0.717) is 12.0 Å². The van der Waals surface area contributed by atoms with Gasteiger partial charge in [-0.2, -0.15) is 0 Å². The van der Waals surface area contributed by atoms with Crippen LogP contribution in [-0.2, 0) is 0 Å². The van der Waals surface area contributed by atoms with Crippen LogP contribution in [0.15, 0.2) is 18.2 Å². The van der Waals surface area contributed by atoms with E-state index in [1.165, 1.54) is 0 Å². The molecule has 17 heavy (non-hydrogen) atoms. The van der Waals surface area contributed by atoms with Crippen LogP contribution < -0.4 is 5.32 Å². The summed E-state index contributed by atoms with van der Waals surface area (Å²) in [4.78, 5) is 6.72. The molecule has 1 atom stereocenters. The lowest BCUT2D eigenvalue weighted by Gasteiger charge is -2.24. The van der Waals surface area contributed by atoms with Crippen molar-refractivity contribution in [3.63, 3.8) is 0 Å². The van der Waals surface area contributed by atoms with Crippen molar-refractivity contribution >= 4 is 5.82 Å². The van der Waals surface area contributed by atoms with Gasteiger partial charge in [-0.3, -0.25) is 0 Å². The van der Waals surface area contributed by atoms with Crippen molar-refractivity contribution in [1.29, 1.82) is 0 Å². The highest BCUT2D eigenvalue weighted by Crippen LogP contribution is 2.12. The van der Waals surface area contributed by atoms with Gasteiger partial charge in [0, 0.05) is 18.3 Å². The largest absolute Gasteiger partial charge is 0.366 e. The zero-order chi connectivity index (χ0) is 12.8. The molecule has 96 valence electrons. The van der Waals surface area contributed by atoms with E-state index in [2.05, 4.69) is 43.1 Å². The maximum absolute atomic E-state index is 4.50. The second-order valence-corrected chi connectivity index (χ2v) is 5.40. The molecule has 1 aromatic heterocycles. The van der Waals surface area contributed by atoms with E-state index in [9.17, 15) is 0 Å². The first-order chi connectivity index (χ1) is 7.97. The lowest BCUT2D eigenvalue weighted by molar-refractivity contribution is 0.356. The van der Waals surface area contributed by atoms with Gasteiger partial charge in [0.25, 0.3) is 0 Å². The molecule has 0 bridgehead atoms. The minimum Gasteiger partial charge on any atom is -0.366 e. The number of nitrogens with one attached hydrogen (secondary N) is 1. The van der Waals surface area contributed by atoms with E-state index >= 15 is 0 Å². The summed E-state index contributed by atoms with van der Waals surface area (Å²) in [6, 6.07) is 6.57. The van der Waals surface area contributed by atoms with Crippen LogP contribution in [0.3, 0.4) is 0 Å². The van der Waals surface area contributed by atoms with E-state index < -0.39 is 0 Å². The summed E-state index contributed by atoms with van der Waals surface area (Å²) in [7, 11) is 4.22. The molecule has 0 amide bonds. The molecule has 0 radical (unpaired) electrons. The molecule has 1 N–H and O–H groups in total. The number of pyridine rings is 1. The summed E-state index contributed by atoms with van der Waals surface area (Å²) in [6.07, 6.45) is 1.16. The number of nitrogens with zero attached hydrogens (tertiary/aromatic N) is 2.